The summed E-state index contributed by atoms with van der Waals surface area (Å²) in [5.74, 6) is 5.20. The van der Waals surface area contributed by atoms with Gasteiger partial charge in [-0.25, -0.2) is 0 Å². The lowest BCUT2D eigenvalue weighted by Gasteiger charge is -2.15. The van der Waals surface area contributed by atoms with Crippen LogP contribution in [0.4, 0.5) is 0 Å². The van der Waals surface area contributed by atoms with Crippen LogP contribution in [0.15, 0.2) is 0 Å². The zero-order valence-corrected chi connectivity index (χ0v) is 16.9. The molecule has 0 amide bonds. The highest BCUT2D eigenvalue weighted by Gasteiger charge is 2.40. The van der Waals surface area contributed by atoms with Gasteiger partial charge in [-0.05, 0) is 25.7 Å². The number of hydrogen-bond donors (Lipinski definition) is 2. The van der Waals surface area contributed by atoms with Crippen molar-refractivity contribution in [1.29, 1.82) is 0 Å². The molecule has 27 heavy (non-hydrogen) atoms. The summed E-state index contributed by atoms with van der Waals surface area (Å²) < 4.78 is 4.62. The average Bonchev–Trinajstić information content (AvgIpc) is 2.91. The first-order valence-corrected chi connectivity index (χ1v) is 10.5. The van der Waals surface area contributed by atoms with Crippen molar-refractivity contribution in [3.05, 3.63) is 0 Å². The Morgan fingerprint density at radius 2 is 1.89 bits per heavy atom. The zero-order valence-electron chi connectivity index (χ0n) is 16.9. The summed E-state index contributed by atoms with van der Waals surface area (Å²) in [7, 11) is 1.40. The maximum Gasteiger partial charge on any atom is 0.305 e. The van der Waals surface area contributed by atoms with Crippen LogP contribution in [-0.2, 0) is 14.3 Å². The first-order chi connectivity index (χ1) is 13.0. The molecule has 5 nitrogen and oxygen atoms in total. The second-order valence-corrected chi connectivity index (χ2v) is 7.55. The zero-order chi connectivity index (χ0) is 20.1. The molecule has 5 heteroatoms. The summed E-state index contributed by atoms with van der Waals surface area (Å²) in [4.78, 5) is 23.2. The number of Topliss-reactive ketones (excluding diaryl/α,β-unsaturated/α-hetero) is 1. The maximum absolute atomic E-state index is 12.2. The molecule has 1 aliphatic carbocycles. The molecule has 1 aliphatic rings. The molecule has 0 aromatic heterocycles. The molecule has 0 heterocycles. The van der Waals surface area contributed by atoms with Crippen LogP contribution in [0.1, 0.15) is 84.0 Å². The number of methoxy groups -OCH3 is 1. The van der Waals surface area contributed by atoms with Crippen molar-refractivity contribution in [2.24, 2.45) is 11.8 Å². The molecule has 154 valence electrons. The molecule has 0 aliphatic heterocycles. The van der Waals surface area contributed by atoms with Gasteiger partial charge < -0.3 is 14.9 Å². The summed E-state index contributed by atoms with van der Waals surface area (Å²) in [6, 6.07) is 0. The van der Waals surface area contributed by atoms with Gasteiger partial charge in [0.2, 0.25) is 0 Å². The standard InChI is InChI=1S/C22H36O5/c1-3-4-8-11-17(23)14-15-19-18(20(24)16-21(19)25)12-9-6-5-7-10-13-22(26)27-2/h17-19,21,23,25H,3-13,16H2,1-2H3. The molecule has 0 aromatic rings. The normalized spacial score (nSPS) is 23.0. The van der Waals surface area contributed by atoms with Crippen LogP contribution in [0.25, 0.3) is 0 Å². The molecule has 0 radical (unpaired) electrons. The Kier molecular flexibility index (Phi) is 12.0. The van der Waals surface area contributed by atoms with E-state index in [2.05, 4.69) is 23.5 Å². The molecule has 0 bridgehead atoms. The van der Waals surface area contributed by atoms with E-state index in [9.17, 15) is 19.8 Å². The number of rotatable bonds is 12. The maximum atomic E-state index is 12.2. The molecular formula is C22H36O5. The van der Waals surface area contributed by atoms with Crippen LogP contribution < -0.4 is 0 Å². The van der Waals surface area contributed by atoms with Gasteiger partial charge in [-0.3, -0.25) is 9.59 Å². The largest absolute Gasteiger partial charge is 0.469 e. The fourth-order valence-electron chi connectivity index (χ4n) is 3.61. The highest BCUT2D eigenvalue weighted by Crippen LogP contribution is 2.33. The number of aliphatic hydroxyl groups excluding tert-OH is 2. The molecule has 1 fully saturated rings. The SMILES string of the molecule is CCCCCC(O)C#CC1C(O)CC(=O)C1CCCCCCCC(=O)OC. The van der Waals surface area contributed by atoms with E-state index in [1.165, 1.54) is 7.11 Å². The van der Waals surface area contributed by atoms with E-state index < -0.39 is 12.2 Å². The van der Waals surface area contributed by atoms with Gasteiger partial charge in [0, 0.05) is 18.8 Å². The van der Waals surface area contributed by atoms with Gasteiger partial charge in [0.05, 0.1) is 19.1 Å². The minimum absolute atomic E-state index is 0.0907. The molecule has 4 unspecified atom stereocenters. The Bertz CT molecular complexity index is 505. The van der Waals surface area contributed by atoms with Crippen LogP contribution in [-0.4, -0.2) is 41.3 Å². The van der Waals surface area contributed by atoms with Gasteiger partial charge in [-0.1, -0.05) is 57.3 Å². The number of ketones is 1. The van der Waals surface area contributed by atoms with E-state index in [4.69, 9.17) is 0 Å². The van der Waals surface area contributed by atoms with Gasteiger partial charge >= 0.3 is 5.97 Å². The highest BCUT2D eigenvalue weighted by molar-refractivity contribution is 5.84. The van der Waals surface area contributed by atoms with Gasteiger partial charge in [0.1, 0.15) is 11.9 Å². The van der Waals surface area contributed by atoms with E-state index in [0.717, 1.165) is 57.8 Å². The first-order valence-electron chi connectivity index (χ1n) is 10.5. The van der Waals surface area contributed by atoms with E-state index in [1.807, 2.05) is 0 Å². The molecule has 1 saturated carbocycles. The number of unbranched alkanes of at least 4 members (excludes halogenated alkanes) is 6. The first kappa shape index (κ1) is 23.7. The fraction of sp³-hybridized carbons (Fsp3) is 0.818. The number of hydrogen-bond acceptors (Lipinski definition) is 5. The fourth-order valence-corrected chi connectivity index (χ4v) is 3.61. The second kappa shape index (κ2) is 13.7. The number of esters is 1. The Morgan fingerprint density at radius 3 is 2.59 bits per heavy atom. The summed E-state index contributed by atoms with van der Waals surface area (Å²) in [6.45, 7) is 2.11. The van der Waals surface area contributed by atoms with Crippen molar-refractivity contribution < 1.29 is 24.5 Å². The summed E-state index contributed by atoms with van der Waals surface area (Å²) in [5, 5.41) is 20.1. The number of carbonyl (C=O) groups excluding carboxylic acids is 2. The highest BCUT2D eigenvalue weighted by atomic mass is 16.5. The third-order valence-electron chi connectivity index (χ3n) is 5.29. The van der Waals surface area contributed by atoms with Gasteiger partial charge in [-0.15, -0.1) is 0 Å². The van der Waals surface area contributed by atoms with Crippen LogP contribution in [0.2, 0.25) is 0 Å². The van der Waals surface area contributed by atoms with Crippen molar-refractivity contribution in [1.82, 2.24) is 0 Å². The second-order valence-electron chi connectivity index (χ2n) is 7.55. The molecule has 1 rings (SSSR count). The molecule has 2 N–H and O–H groups in total. The molecule has 0 aromatic carbocycles. The van der Waals surface area contributed by atoms with Crippen LogP contribution >= 0.6 is 0 Å². The summed E-state index contributed by atoms with van der Waals surface area (Å²) >= 11 is 0. The van der Waals surface area contributed by atoms with E-state index in [-0.39, 0.29) is 30.0 Å². The Morgan fingerprint density at radius 1 is 1.19 bits per heavy atom. The third-order valence-corrected chi connectivity index (χ3v) is 5.29. The Balaban J connectivity index is 2.35. The number of aliphatic hydroxyl groups is 2. The predicted molar refractivity (Wildman–Crippen MR) is 105 cm³/mol. The van der Waals surface area contributed by atoms with E-state index in [0.29, 0.717) is 12.8 Å². The molecular weight excluding hydrogens is 344 g/mol. The van der Waals surface area contributed by atoms with Crippen molar-refractivity contribution >= 4 is 11.8 Å². The van der Waals surface area contributed by atoms with Crippen LogP contribution in [0.3, 0.4) is 0 Å². The average molecular weight is 381 g/mol. The molecule has 0 saturated heterocycles. The Labute approximate surface area is 163 Å². The third kappa shape index (κ3) is 9.39. The quantitative estimate of drug-likeness (QED) is 0.308. The van der Waals surface area contributed by atoms with Crippen molar-refractivity contribution in [3.8, 4) is 11.8 Å². The van der Waals surface area contributed by atoms with Crippen molar-refractivity contribution in [2.75, 3.05) is 7.11 Å². The number of carbonyl (C=O) groups is 2. The lowest BCUT2D eigenvalue weighted by Crippen LogP contribution is -2.19. The van der Waals surface area contributed by atoms with Crippen molar-refractivity contribution in [3.63, 3.8) is 0 Å². The van der Waals surface area contributed by atoms with Gasteiger partial charge in [0.15, 0.2) is 0 Å². The minimum Gasteiger partial charge on any atom is -0.469 e. The molecule has 0 spiro atoms. The minimum atomic E-state index is -0.710. The van der Waals surface area contributed by atoms with Crippen LogP contribution in [0.5, 0.6) is 0 Å². The van der Waals surface area contributed by atoms with E-state index in [1.54, 1.807) is 0 Å². The number of ether oxygens (including phenoxy) is 1. The summed E-state index contributed by atoms with van der Waals surface area (Å²) in [6.07, 6.45) is 8.49. The lowest BCUT2D eigenvalue weighted by molar-refractivity contribution is -0.140. The predicted octanol–water partition coefficient (Wildman–Crippen LogP) is 3.40. The monoisotopic (exact) mass is 380 g/mol. The lowest BCUT2D eigenvalue weighted by atomic mass is 9.89. The van der Waals surface area contributed by atoms with Gasteiger partial charge in [-0.2, -0.15) is 0 Å². The van der Waals surface area contributed by atoms with Crippen LogP contribution in [0, 0.1) is 23.7 Å². The van der Waals surface area contributed by atoms with Crippen molar-refractivity contribution in [2.45, 2.75) is 96.2 Å². The Hall–Kier alpha value is -1.38. The smallest absolute Gasteiger partial charge is 0.305 e. The molecule has 4 atom stereocenters. The van der Waals surface area contributed by atoms with E-state index >= 15 is 0 Å². The summed E-state index contributed by atoms with van der Waals surface area (Å²) in [5.41, 5.74) is 0. The topological polar surface area (TPSA) is 83.8 Å². The van der Waals surface area contributed by atoms with Gasteiger partial charge in [0.25, 0.3) is 0 Å².